The summed E-state index contributed by atoms with van der Waals surface area (Å²) in [5, 5.41) is 8.97. The number of benzene rings is 1. The Morgan fingerprint density at radius 3 is 2.69 bits per heavy atom. The molecule has 1 aliphatic carbocycles. The third-order valence-electron chi connectivity index (χ3n) is 2.77. The van der Waals surface area contributed by atoms with Crippen molar-refractivity contribution < 1.29 is 14.1 Å². The van der Waals surface area contributed by atoms with E-state index in [4.69, 9.17) is 5.11 Å². The highest BCUT2D eigenvalue weighted by molar-refractivity contribution is 7.85. The Hall–Kier alpha value is -1.16. The van der Waals surface area contributed by atoms with Crippen molar-refractivity contribution in [2.75, 3.05) is 5.75 Å². The molecular weight excluding hydrogens is 224 g/mol. The molecule has 0 saturated heterocycles. The van der Waals surface area contributed by atoms with Gasteiger partial charge in [-0.05, 0) is 24.5 Å². The summed E-state index contributed by atoms with van der Waals surface area (Å²) >= 11 is 0. The maximum absolute atomic E-state index is 11.9. The summed E-state index contributed by atoms with van der Waals surface area (Å²) in [7, 11) is -1.18. The maximum atomic E-state index is 11.9. The van der Waals surface area contributed by atoms with Gasteiger partial charge in [0.25, 0.3) is 0 Å². The van der Waals surface area contributed by atoms with Gasteiger partial charge < -0.3 is 5.11 Å². The van der Waals surface area contributed by atoms with Crippen LogP contribution in [0.1, 0.15) is 29.6 Å². The lowest BCUT2D eigenvalue weighted by Crippen LogP contribution is -2.06. The summed E-state index contributed by atoms with van der Waals surface area (Å²) in [6, 6.07) is 6.54. The quantitative estimate of drug-likeness (QED) is 0.856. The molecule has 1 fully saturated rings. The van der Waals surface area contributed by atoms with Crippen molar-refractivity contribution in [1.29, 1.82) is 0 Å². The van der Waals surface area contributed by atoms with Gasteiger partial charge in [-0.25, -0.2) is 4.79 Å². The van der Waals surface area contributed by atoms with Gasteiger partial charge >= 0.3 is 5.97 Å². The molecule has 1 saturated carbocycles. The van der Waals surface area contributed by atoms with Crippen LogP contribution in [0.25, 0.3) is 0 Å². The zero-order chi connectivity index (χ0) is 11.5. The Balaban J connectivity index is 2.11. The summed E-state index contributed by atoms with van der Waals surface area (Å²) in [6.07, 6.45) is 3.41. The van der Waals surface area contributed by atoms with Crippen LogP contribution in [0.4, 0.5) is 0 Å². The minimum atomic E-state index is -1.18. The number of carboxylic acids is 1. The van der Waals surface area contributed by atoms with Gasteiger partial charge in [-0.3, -0.25) is 4.21 Å². The predicted molar refractivity (Wildman–Crippen MR) is 62.0 cm³/mol. The first-order valence-corrected chi connectivity index (χ1v) is 6.71. The minimum absolute atomic E-state index is 0.164. The molecule has 3 nitrogen and oxygen atoms in total. The van der Waals surface area contributed by atoms with E-state index in [1.165, 1.54) is 18.9 Å². The van der Waals surface area contributed by atoms with Crippen molar-refractivity contribution in [2.24, 2.45) is 5.92 Å². The molecule has 1 aliphatic rings. The van der Waals surface area contributed by atoms with Crippen LogP contribution in [0.15, 0.2) is 29.2 Å². The second kappa shape index (κ2) is 4.78. The van der Waals surface area contributed by atoms with E-state index in [0.29, 0.717) is 10.6 Å². The number of carbonyl (C=O) groups is 1. The van der Waals surface area contributed by atoms with E-state index in [9.17, 15) is 9.00 Å². The lowest BCUT2D eigenvalue weighted by atomic mass is 10.2. The first kappa shape index (κ1) is 11.3. The number of aromatic carboxylic acids is 1. The third kappa shape index (κ3) is 2.70. The fourth-order valence-corrected chi connectivity index (χ4v) is 3.03. The van der Waals surface area contributed by atoms with E-state index in [1.54, 1.807) is 18.2 Å². The Bertz CT molecular complexity index is 424. The summed E-state index contributed by atoms with van der Waals surface area (Å²) < 4.78 is 11.9. The summed E-state index contributed by atoms with van der Waals surface area (Å²) in [4.78, 5) is 11.4. The molecule has 0 radical (unpaired) electrons. The van der Waals surface area contributed by atoms with Gasteiger partial charge in [-0.2, -0.15) is 0 Å². The van der Waals surface area contributed by atoms with Crippen LogP contribution in [-0.4, -0.2) is 21.0 Å². The molecule has 0 aliphatic heterocycles. The van der Waals surface area contributed by atoms with Crippen LogP contribution < -0.4 is 0 Å². The molecule has 1 atom stereocenters. The van der Waals surface area contributed by atoms with E-state index in [-0.39, 0.29) is 5.56 Å². The first-order valence-electron chi connectivity index (χ1n) is 5.39. The molecule has 0 aromatic heterocycles. The van der Waals surface area contributed by atoms with Gasteiger partial charge in [-0.1, -0.05) is 25.0 Å². The second-order valence-electron chi connectivity index (χ2n) is 4.08. The molecule has 0 spiro atoms. The van der Waals surface area contributed by atoms with Gasteiger partial charge in [0, 0.05) is 5.75 Å². The zero-order valence-corrected chi connectivity index (χ0v) is 9.70. The van der Waals surface area contributed by atoms with Gasteiger partial charge in [0.2, 0.25) is 0 Å². The summed E-state index contributed by atoms with van der Waals surface area (Å²) in [5.41, 5.74) is 0.164. The molecule has 4 heteroatoms. The molecule has 0 heterocycles. The monoisotopic (exact) mass is 238 g/mol. The molecule has 0 bridgehead atoms. The van der Waals surface area contributed by atoms with E-state index in [2.05, 4.69) is 0 Å². The highest BCUT2D eigenvalue weighted by atomic mass is 32.2. The van der Waals surface area contributed by atoms with Crippen molar-refractivity contribution in [2.45, 2.75) is 24.2 Å². The van der Waals surface area contributed by atoms with Crippen molar-refractivity contribution in [3.63, 3.8) is 0 Å². The van der Waals surface area contributed by atoms with Crippen LogP contribution in [-0.2, 0) is 10.8 Å². The van der Waals surface area contributed by atoms with Crippen molar-refractivity contribution in [1.82, 2.24) is 0 Å². The minimum Gasteiger partial charge on any atom is -0.478 e. The number of hydrogen-bond donors (Lipinski definition) is 1. The predicted octanol–water partition coefficient (Wildman–Crippen LogP) is 2.29. The highest BCUT2D eigenvalue weighted by Crippen LogP contribution is 2.33. The molecule has 1 aromatic carbocycles. The van der Waals surface area contributed by atoms with E-state index < -0.39 is 16.8 Å². The van der Waals surface area contributed by atoms with E-state index >= 15 is 0 Å². The van der Waals surface area contributed by atoms with Crippen LogP contribution in [0.5, 0.6) is 0 Å². The second-order valence-corrected chi connectivity index (χ2v) is 5.62. The lowest BCUT2D eigenvalue weighted by molar-refractivity contribution is 0.0693. The number of carboxylic acid groups (broad SMARTS) is 1. The van der Waals surface area contributed by atoms with Gasteiger partial charge in [0.05, 0.1) is 21.3 Å². The van der Waals surface area contributed by atoms with Gasteiger partial charge in [0.15, 0.2) is 0 Å². The molecule has 1 N–H and O–H groups in total. The van der Waals surface area contributed by atoms with Crippen LogP contribution in [0, 0.1) is 5.92 Å². The average molecular weight is 238 g/mol. The Labute approximate surface area is 96.9 Å². The Kier molecular flexibility index (Phi) is 3.39. The molecule has 86 valence electrons. The van der Waals surface area contributed by atoms with Crippen molar-refractivity contribution >= 4 is 16.8 Å². The SMILES string of the molecule is O=C(O)c1ccccc1S(=O)CCC1CC1. The lowest BCUT2D eigenvalue weighted by Gasteiger charge is -2.05. The van der Waals surface area contributed by atoms with Crippen molar-refractivity contribution in [3.8, 4) is 0 Å². The average Bonchev–Trinajstić information content (AvgIpc) is 3.09. The molecule has 0 amide bonds. The van der Waals surface area contributed by atoms with Crippen molar-refractivity contribution in [3.05, 3.63) is 29.8 Å². The molecule has 2 rings (SSSR count). The smallest absolute Gasteiger partial charge is 0.336 e. The Morgan fingerprint density at radius 2 is 2.06 bits per heavy atom. The number of rotatable bonds is 5. The largest absolute Gasteiger partial charge is 0.478 e. The number of hydrogen-bond acceptors (Lipinski definition) is 2. The van der Waals surface area contributed by atoms with Gasteiger partial charge in [-0.15, -0.1) is 0 Å². The normalized spacial score (nSPS) is 17.0. The van der Waals surface area contributed by atoms with Gasteiger partial charge in [0.1, 0.15) is 0 Å². The first-order chi connectivity index (χ1) is 7.68. The van der Waals surface area contributed by atoms with E-state index in [0.717, 1.165) is 12.3 Å². The third-order valence-corrected chi connectivity index (χ3v) is 4.22. The van der Waals surface area contributed by atoms with Crippen LogP contribution >= 0.6 is 0 Å². The van der Waals surface area contributed by atoms with E-state index in [1.807, 2.05) is 0 Å². The Morgan fingerprint density at radius 1 is 1.38 bits per heavy atom. The zero-order valence-electron chi connectivity index (χ0n) is 8.89. The molecule has 16 heavy (non-hydrogen) atoms. The molecule has 1 unspecified atom stereocenters. The summed E-state index contributed by atoms with van der Waals surface area (Å²) in [5.74, 6) is 0.297. The highest BCUT2D eigenvalue weighted by Gasteiger charge is 2.23. The maximum Gasteiger partial charge on any atom is 0.336 e. The fraction of sp³-hybridized carbons (Fsp3) is 0.417. The van der Waals surface area contributed by atoms with Crippen LogP contribution in [0.3, 0.4) is 0 Å². The molecular formula is C12H14O3S. The standard InChI is InChI=1S/C12H14O3S/c13-12(14)10-3-1-2-4-11(10)16(15)8-7-9-5-6-9/h1-4,9H,5-8H2,(H,13,14). The van der Waals surface area contributed by atoms with Crippen LogP contribution in [0.2, 0.25) is 0 Å². The fourth-order valence-electron chi connectivity index (χ4n) is 1.63. The topological polar surface area (TPSA) is 54.4 Å². The molecule has 1 aromatic rings. The summed E-state index contributed by atoms with van der Waals surface area (Å²) in [6.45, 7) is 0.